The van der Waals surface area contributed by atoms with Crippen molar-refractivity contribution in [2.45, 2.75) is 19.5 Å². The number of amides is 1. The normalized spacial score (nSPS) is 16.9. The largest absolute Gasteiger partial charge is 0.433 e. The van der Waals surface area contributed by atoms with Gasteiger partial charge in [-0.15, -0.1) is 0 Å². The van der Waals surface area contributed by atoms with Crippen molar-refractivity contribution < 1.29 is 23.5 Å². The van der Waals surface area contributed by atoms with Crippen LogP contribution in [-0.4, -0.2) is 23.6 Å². The van der Waals surface area contributed by atoms with Crippen molar-refractivity contribution >= 4 is 17.4 Å². The molecule has 1 saturated carbocycles. The Morgan fingerprint density at radius 2 is 2.10 bits per heavy atom. The maximum absolute atomic E-state index is 12.3. The number of amidine groups is 1. The van der Waals surface area contributed by atoms with Crippen LogP contribution in [0.25, 0.3) is 0 Å². The average Bonchev–Trinajstić information content (AvgIpc) is 3.21. The number of nitrogens with two attached hydrogens (primary N) is 1. The van der Waals surface area contributed by atoms with Crippen LogP contribution in [0.1, 0.15) is 12.8 Å². The molecule has 0 radical (unpaired) electrons. The number of nitrogens with one attached hydrogen (secondary N) is 1. The molecule has 0 heterocycles. The van der Waals surface area contributed by atoms with E-state index >= 15 is 0 Å². The Morgan fingerprint density at radius 3 is 2.65 bits per heavy atom. The van der Waals surface area contributed by atoms with Crippen LogP contribution < -0.4 is 15.8 Å². The molecule has 6 nitrogen and oxygen atoms in total. The highest BCUT2D eigenvalue weighted by Gasteiger charge is 2.54. The van der Waals surface area contributed by atoms with E-state index in [4.69, 9.17) is 10.9 Å². The summed E-state index contributed by atoms with van der Waals surface area (Å²) in [5.41, 5.74) is 4.52. The number of hydrogen-bond acceptors (Lipinski definition) is 4. The molecule has 0 saturated heterocycles. The summed E-state index contributed by atoms with van der Waals surface area (Å²) in [5, 5.41) is 14.0. The number of carbonyl (C=O) groups excluding carboxylic acids is 1. The van der Waals surface area contributed by atoms with Crippen molar-refractivity contribution in [3.8, 4) is 5.75 Å². The lowest BCUT2D eigenvalue weighted by atomic mass is 10.1. The minimum atomic E-state index is -2.99. The Morgan fingerprint density at radius 1 is 1.45 bits per heavy atom. The monoisotopic (exact) mass is 285 g/mol. The standard InChI is InChI=1S/C12H13F2N3O3/c13-11(14)20-8-4-2-1-3-7(8)16-10(18)12(5-6-12)9(15)17-19/h1-4,11,19H,5-6H2,(H2,15,17)(H,16,18). The highest BCUT2D eigenvalue weighted by Crippen LogP contribution is 2.47. The Balaban J connectivity index is 2.17. The number of halogens is 2. The molecule has 0 atom stereocenters. The van der Waals surface area contributed by atoms with Crippen LogP contribution in [0, 0.1) is 5.41 Å². The molecule has 2 rings (SSSR count). The van der Waals surface area contributed by atoms with Gasteiger partial charge in [-0.25, -0.2) is 0 Å². The third-order valence-electron chi connectivity index (χ3n) is 3.13. The van der Waals surface area contributed by atoms with E-state index in [-0.39, 0.29) is 17.3 Å². The lowest BCUT2D eigenvalue weighted by molar-refractivity contribution is -0.119. The van der Waals surface area contributed by atoms with Gasteiger partial charge in [0.2, 0.25) is 5.91 Å². The second-order valence-electron chi connectivity index (χ2n) is 4.40. The molecule has 1 aromatic rings. The van der Waals surface area contributed by atoms with E-state index < -0.39 is 17.9 Å². The van der Waals surface area contributed by atoms with E-state index in [1.807, 2.05) is 0 Å². The van der Waals surface area contributed by atoms with Crippen LogP contribution in [0.2, 0.25) is 0 Å². The Kier molecular flexibility index (Phi) is 3.73. The van der Waals surface area contributed by atoms with Gasteiger partial charge in [0.25, 0.3) is 0 Å². The van der Waals surface area contributed by atoms with Gasteiger partial charge >= 0.3 is 6.61 Å². The first kappa shape index (κ1) is 14.0. The predicted molar refractivity (Wildman–Crippen MR) is 66.8 cm³/mol. The molecule has 4 N–H and O–H groups in total. The fraction of sp³-hybridized carbons (Fsp3) is 0.333. The van der Waals surface area contributed by atoms with E-state index in [2.05, 4.69) is 15.2 Å². The van der Waals surface area contributed by atoms with Gasteiger partial charge in [-0.3, -0.25) is 4.79 Å². The van der Waals surface area contributed by atoms with Crippen molar-refractivity contribution in [2.75, 3.05) is 5.32 Å². The summed E-state index contributed by atoms with van der Waals surface area (Å²) in [6.45, 7) is -2.99. The van der Waals surface area contributed by atoms with E-state index in [0.717, 1.165) is 0 Å². The Hall–Kier alpha value is -2.38. The fourth-order valence-electron chi connectivity index (χ4n) is 1.83. The van der Waals surface area contributed by atoms with Crippen LogP contribution in [0.4, 0.5) is 14.5 Å². The second-order valence-corrected chi connectivity index (χ2v) is 4.40. The van der Waals surface area contributed by atoms with Gasteiger partial charge in [0.15, 0.2) is 5.84 Å². The van der Waals surface area contributed by atoms with Gasteiger partial charge in [-0.05, 0) is 25.0 Å². The van der Waals surface area contributed by atoms with Crippen molar-refractivity contribution in [1.29, 1.82) is 0 Å². The fourth-order valence-corrected chi connectivity index (χ4v) is 1.83. The molecule has 20 heavy (non-hydrogen) atoms. The van der Waals surface area contributed by atoms with Crippen LogP contribution in [-0.2, 0) is 4.79 Å². The van der Waals surface area contributed by atoms with E-state index in [0.29, 0.717) is 12.8 Å². The molecule has 0 unspecified atom stereocenters. The summed E-state index contributed by atoms with van der Waals surface area (Å²) in [6, 6.07) is 5.81. The molecular weight excluding hydrogens is 272 g/mol. The number of hydrogen-bond donors (Lipinski definition) is 3. The van der Waals surface area contributed by atoms with Crippen molar-refractivity contribution in [3.63, 3.8) is 0 Å². The Labute approximate surface area is 113 Å². The van der Waals surface area contributed by atoms with Gasteiger partial charge in [0.05, 0.1) is 5.69 Å². The predicted octanol–water partition coefficient (Wildman–Crippen LogP) is 1.75. The molecule has 1 aliphatic carbocycles. The molecule has 0 spiro atoms. The first-order valence-corrected chi connectivity index (χ1v) is 5.83. The molecule has 0 aromatic heterocycles. The van der Waals surface area contributed by atoms with E-state index in [9.17, 15) is 13.6 Å². The molecule has 1 fully saturated rings. The minimum absolute atomic E-state index is 0.106. The number of benzene rings is 1. The molecule has 0 aliphatic heterocycles. The highest BCUT2D eigenvalue weighted by molar-refractivity contribution is 6.14. The van der Waals surface area contributed by atoms with Gasteiger partial charge in [0.1, 0.15) is 11.2 Å². The number of carbonyl (C=O) groups is 1. The zero-order valence-corrected chi connectivity index (χ0v) is 10.3. The topological polar surface area (TPSA) is 96.9 Å². The number of nitrogens with zero attached hydrogens (tertiary/aromatic N) is 1. The summed E-state index contributed by atoms with van der Waals surface area (Å²) >= 11 is 0. The van der Waals surface area contributed by atoms with Crippen LogP contribution in [0.5, 0.6) is 5.75 Å². The Bertz CT molecular complexity index is 545. The molecule has 1 aliphatic rings. The first-order chi connectivity index (χ1) is 9.49. The van der Waals surface area contributed by atoms with Gasteiger partial charge in [0, 0.05) is 0 Å². The molecule has 108 valence electrons. The molecule has 1 aromatic carbocycles. The lowest BCUT2D eigenvalue weighted by Gasteiger charge is -2.16. The van der Waals surface area contributed by atoms with Crippen molar-refractivity contribution in [2.24, 2.45) is 16.3 Å². The average molecular weight is 285 g/mol. The second kappa shape index (κ2) is 5.32. The summed E-state index contributed by atoms with van der Waals surface area (Å²) in [5.74, 6) is -0.855. The summed E-state index contributed by atoms with van der Waals surface area (Å²) in [6.07, 6.45) is 0.874. The van der Waals surface area contributed by atoms with Gasteiger partial charge < -0.3 is 21.0 Å². The van der Waals surface area contributed by atoms with Crippen LogP contribution in [0.15, 0.2) is 29.4 Å². The number of oxime groups is 1. The zero-order valence-electron chi connectivity index (χ0n) is 10.3. The van der Waals surface area contributed by atoms with Gasteiger partial charge in [-0.2, -0.15) is 8.78 Å². The molecule has 0 bridgehead atoms. The zero-order chi connectivity index (χ0) is 14.8. The third kappa shape index (κ3) is 2.63. The summed E-state index contributed by atoms with van der Waals surface area (Å²) in [4.78, 5) is 12.1. The van der Waals surface area contributed by atoms with Crippen LogP contribution in [0.3, 0.4) is 0 Å². The minimum Gasteiger partial charge on any atom is -0.433 e. The van der Waals surface area contributed by atoms with Crippen molar-refractivity contribution in [1.82, 2.24) is 0 Å². The van der Waals surface area contributed by atoms with E-state index in [1.54, 1.807) is 6.07 Å². The molecule has 1 amide bonds. The maximum Gasteiger partial charge on any atom is 0.387 e. The number of rotatable bonds is 5. The smallest absolute Gasteiger partial charge is 0.387 e. The maximum atomic E-state index is 12.3. The van der Waals surface area contributed by atoms with Crippen molar-refractivity contribution in [3.05, 3.63) is 24.3 Å². The number of anilines is 1. The molecular formula is C12H13F2N3O3. The molecule has 8 heteroatoms. The first-order valence-electron chi connectivity index (χ1n) is 5.83. The van der Waals surface area contributed by atoms with Crippen LogP contribution >= 0.6 is 0 Å². The van der Waals surface area contributed by atoms with E-state index in [1.165, 1.54) is 18.2 Å². The summed E-state index contributed by atoms with van der Waals surface area (Å²) < 4.78 is 28.8. The lowest BCUT2D eigenvalue weighted by Crippen LogP contribution is -2.36. The highest BCUT2D eigenvalue weighted by atomic mass is 19.3. The third-order valence-corrected chi connectivity index (χ3v) is 3.13. The quantitative estimate of drug-likeness (QED) is 0.332. The van der Waals surface area contributed by atoms with Gasteiger partial charge in [-0.1, -0.05) is 17.3 Å². The summed E-state index contributed by atoms with van der Waals surface area (Å²) in [7, 11) is 0. The number of alkyl halides is 2. The number of ether oxygens (including phenoxy) is 1. The SMILES string of the molecule is N/C(=N/O)C1(C(=O)Nc2ccccc2OC(F)F)CC1. The number of para-hydroxylation sites is 2.